The zero-order valence-corrected chi connectivity index (χ0v) is 14.2. The van der Waals surface area contributed by atoms with Crippen LogP contribution in [-0.4, -0.2) is 24.7 Å². The number of esters is 1. The van der Waals surface area contributed by atoms with Crippen molar-refractivity contribution in [3.8, 4) is 5.88 Å². The molecule has 0 amide bonds. The summed E-state index contributed by atoms with van der Waals surface area (Å²) in [7, 11) is 1.49. The first-order valence-corrected chi connectivity index (χ1v) is 7.93. The number of aromatic nitrogens is 1. The van der Waals surface area contributed by atoms with Gasteiger partial charge in [-0.2, -0.15) is 0 Å². The Kier molecular flexibility index (Phi) is 4.99. The minimum absolute atomic E-state index is 0.281. The number of methoxy groups -OCH3 is 1. The Bertz CT molecular complexity index is 658. The third kappa shape index (κ3) is 2.81. The third-order valence-corrected chi connectivity index (χ3v) is 3.88. The first-order valence-electron chi connectivity index (χ1n) is 6.01. The fourth-order valence-electron chi connectivity index (χ4n) is 1.98. The maximum atomic E-state index is 12.1. The average Bonchev–Trinajstić information content (AvgIpc) is 2.44. The molecule has 1 aromatic heterocycles. The molecule has 6 heteroatoms. The van der Waals surface area contributed by atoms with Gasteiger partial charge in [-0.1, -0.05) is 37.9 Å². The number of rotatable bonds is 4. The van der Waals surface area contributed by atoms with E-state index < -0.39 is 5.97 Å². The molecule has 106 valence electrons. The number of benzene rings is 1. The van der Waals surface area contributed by atoms with E-state index in [9.17, 15) is 4.79 Å². The number of carbonyl (C=O) groups is 1. The molecule has 20 heavy (non-hydrogen) atoms. The zero-order chi connectivity index (χ0) is 14.7. The lowest BCUT2D eigenvalue weighted by Crippen LogP contribution is -2.11. The van der Waals surface area contributed by atoms with Crippen LogP contribution in [0.2, 0.25) is 0 Å². The lowest BCUT2D eigenvalue weighted by molar-refractivity contribution is 0.0521. The van der Waals surface area contributed by atoms with E-state index in [-0.39, 0.29) is 5.88 Å². The molecule has 0 atom stereocenters. The van der Waals surface area contributed by atoms with E-state index in [4.69, 9.17) is 9.47 Å². The molecular formula is C14H13Br2NO3. The number of hydrogen-bond acceptors (Lipinski definition) is 4. The largest absolute Gasteiger partial charge is 0.480 e. The fourth-order valence-corrected chi connectivity index (χ4v) is 2.91. The van der Waals surface area contributed by atoms with Crippen LogP contribution in [0.3, 0.4) is 0 Å². The topological polar surface area (TPSA) is 48.4 Å². The van der Waals surface area contributed by atoms with Crippen LogP contribution < -0.4 is 4.74 Å². The van der Waals surface area contributed by atoms with Crippen molar-refractivity contribution in [1.82, 2.24) is 4.98 Å². The number of hydrogen-bond donors (Lipinski definition) is 0. The standard InChI is InChI=1S/C14H13Br2NO3/c1-3-20-14(18)12-10(7-15)9-5-4-8(16)6-11(9)17-13(12)19-2/h4-6H,3,7H2,1-2H3. The van der Waals surface area contributed by atoms with Crippen molar-refractivity contribution in [3.05, 3.63) is 33.8 Å². The summed E-state index contributed by atoms with van der Waals surface area (Å²) >= 11 is 6.84. The SMILES string of the molecule is CCOC(=O)c1c(OC)nc2cc(Br)ccc2c1CBr. The van der Waals surface area contributed by atoms with Crippen LogP contribution in [0.15, 0.2) is 22.7 Å². The van der Waals surface area contributed by atoms with Gasteiger partial charge in [0, 0.05) is 15.2 Å². The van der Waals surface area contributed by atoms with Gasteiger partial charge >= 0.3 is 5.97 Å². The highest BCUT2D eigenvalue weighted by Crippen LogP contribution is 2.31. The first kappa shape index (κ1) is 15.3. The molecule has 2 rings (SSSR count). The van der Waals surface area contributed by atoms with Gasteiger partial charge in [0.2, 0.25) is 5.88 Å². The van der Waals surface area contributed by atoms with E-state index in [1.54, 1.807) is 6.92 Å². The first-order chi connectivity index (χ1) is 9.62. The van der Waals surface area contributed by atoms with Gasteiger partial charge in [0.15, 0.2) is 0 Å². The predicted molar refractivity (Wildman–Crippen MR) is 84.6 cm³/mol. The number of pyridine rings is 1. The molecule has 0 aliphatic rings. The van der Waals surface area contributed by atoms with E-state index >= 15 is 0 Å². The molecule has 0 bridgehead atoms. The Morgan fingerprint density at radius 1 is 1.40 bits per heavy atom. The Balaban J connectivity index is 2.77. The Morgan fingerprint density at radius 2 is 2.15 bits per heavy atom. The van der Waals surface area contributed by atoms with E-state index in [1.807, 2.05) is 18.2 Å². The van der Waals surface area contributed by atoms with E-state index in [0.29, 0.717) is 17.5 Å². The molecule has 0 aliphatic heterocycles. The van der Waals surface area contributed by atoms with Gasteiger partial charge in [-0.25, -0.2) is 9.78 Å². The third-order valence-electron chi connectivity index (χ3n) is 2.83. The number of halogens is 2. The van der Waals surface area contributed by atoms with Crippen molar-refractivity contribution in [1.29, 1.82) is 0 Å². The van der Waals surface area contributed by atoms with Crippen molar-refractivity contribution in [2.24, 2.45) is 0 Å². The van der Waals surface area contributed by atoms with E-state index in [0.717, 1.165) is 20.9 Å². The monoisotopic (exact) mass is 401 g/mol. The summed E-state index contributed by atoms with van der Waals surface area (Å²) in [6.45, 7) is 2.08. The molecule has 0 fully saturated rings. The molecule has 4 nitrogen and oxygen atoms in total. The lowest BCUT2D eigenvalue weighted by Gasteiger charge is -2.13. The van der Waals surface area contributed by atoms with Crippen LogP contribution >= 0.6 is 31.9 Å². The van der Waals surface area contributed by atoms with Crippen LogP contribution in [0.1, 0.15) is 22.8 Å². The zero-order valence-electron chi connectivity index (χ0n) is 11.1. The van der Waals surface area contributed by atoms with Gasteiger partial charge in [-0.3, -0.25) is 0 Å². The van der Waals surface area contributed by atoms with E-state index in [2.05, 4.69) is 36.8 Å². The fraction of sp³-hybridized carbons (Fsp3) is 0.286. The van der Waals surface area contributed by atoms with Crippen LogP contribution in [-0.2, 0) is 10.1 Å². The molecule has 0 radical (unpaired) electrons. The average molecular weight is 403 g/mol. The van der Waals surface area contributed by atoms with Gasteiger partial charge in [-0.15, -0.1) is 0 Å². The summed E-state index contributed by atoms with van der Waals surface area (Å²) < 4.78 is 11.3. The highest BCUT2D eigenvalue weighted by molar-refractivity contribution is 9.10. The highest BCUT2D eigenvalue weighted by Gasteiger charge is 2.22. The molecule has 0 unspecified atom stereocenters. The summed E-state index contributed by atoms with van der Waals surface area (Å²) in [5, 5.41) is 1.41. The van der Waals surface area contributed by atoms with Crippen molar-refractivity contribution in [2.45, 2.75) is 12.3 Å². The quantitative estimate of drug-likeness (QED) is 0.571. The van der Waals surface area contributed by atoms with Crippen molar-refractivity contribution in [3.63, 3.8) is 0 Å². The summed E-state index contributed by atoms with van der Waals surface area (Å²) in [6, 6.07) is 5.72. The van der Waals surface area contributed by atoms with Crippen LogP contribution in [0, 0.1) is 0 Å². The molecule has 0 saturated carbocycles. The second kappa shape index (κ2) is 6.54. The number of fused-ring (bicyclic) bond motifs is 1. The summed E-state index contributed by atoms with van der Waals surface area (Å²) in [4.78, 5) is 16.5. The normalized spacial score (nSPS) is 10.6. The van der Waals surface area contributed by atoms with Crippen LogP contribution in [0.5, 0.6) is 5.88 Å². The lowest BCUT2D eigenvalue weighted by atomic mass is 10.0. The number of carbonyl (C=O) groups excluding carboxylic acids is 1. The Hall–Kier alpha value is -1.14. The highest BCUT2D eigenvalue weighted by atomic mass is 79.9. The molecule has 0 saturated heterocycles. The number of alkyl halides is 1. The Labute approximate surface area is 133 Å². The molecular weight excluding hydrogens is 390 g/mol. The smallest absolute Gasteiger partial charge is 0.343 e. The molecule has 2 aromatic rings. The number of nitrogens with zero attached hydrogens (tertiary/aromatic N) is 1. The second-order valence-electron chi connectivity index (χ2n) is 3.99. The summed E-state index contributed by atoms with van der Waals surface area (Å²) in [5.74, 6) is -0.139. The summed E-state index contributed by atoms with van der Waals surface area (Å²) in [5.41, 5.74) is 1.96. The van der Waals surface area contributed by atoms with E-state index in [1.165, 1.54) is 7.11 Å². The minimum atomic E-state index is -0.420. The molecule has 0 spiro atoms. The molecule has 0 N–H and O–H groups in total. The maximum Gasteiger partial charge on any atom is 0.343 e. The maximum absolute atomic E-state index is 12.1. The van der Waals surface area contributed by atoms with Crippen molar-refractivity contribution >= 4 is 48.7 Å². The second-order valence-corrected chi connectivity index (χ2v) is 5.47. The van der Waals surface area contributed by atoms with Gasteiger partial charge in [-0.05, 0) is 24.6 Å². The van der Waals surface area contributed by atoms with Gasteiger partial charge in [0.05, 0.1) is 19.2 Å². The van der Waals surface area contributed by atoms with Crippen molar-refractivity contribution < 1.29 is 14.3 Å². The predicted octanol–water partition coefficient (Wildman–Crippen LogP) is 4.08. The van der Waals surface area contributed by atoms with Crippen LogP contribution in [0.4, 0.5) is 0 Å². The van der Waals surface area contributed by atoms with Gasteiger partial charge in [0.1, 0.15) is 5.56 Å². The van der Waals surface area contributed by atoms with Gasteiger partial charge in [0.25, 0.3) is 0 Å². The van der Waals surface area contributed by atoms with Crippen LogP contribution in [0.25, 0.3) is 10.9 Å². The Morgan fingerprint density at radius 3 is 2.75 bits per heavy atom. The van der Waals surface area contributed by atoms with Crippen molar-refractivity contribution in [2.75, 3.05) is 13.7 Å². The molecule has 1 heterocycles. The van der Waals surface area contributed by atoms with Gasteiger partial charge < -0.3 is 9.47 Å². The molecule has 0 aliphatic carbocycles. The number of ether oxygens (including phenoxy) is 2. The summed E-state index contributed by atoms with van der Waals surface area (Å²) in [6.07, 6.45) is 0. The molecule has 1 aromatic carbocycles. The minimum Gasteiger partial charge on any atom is -0.480 e.